The molecule has 1 aliphatic rings. The SMILES string of the molecule is O=C(Nc1ccc(Cl)c(Cl)c1)C1CC(=O)N(c2cccc(Cl)c2)C1. The number of hydrogen-bond donors (Lipinski definition) is 1. The van der Waals surface area contributed by atoms with E-state index < -0.39 is 5.92 Å². The molecule has 0 saturated carbocycles. The van der Waals surface area contributed by atoms with Gasteiger partial charge >= 0.3 is 0 Å². The predicted molar refractivity (Wildman–Crippen MR) is 97.0 cm³/mol. The van der Waals surface area contributed by atoms with E-state index in [4.69, 9.17) is 34.8 Å². The summed E-state index contributed by atoms with van der Waals surface area (Å²) in [5, 5.41) is 4.09. The third-order valence-electron chi connectivity index (χ3n) is 3.80. The molecule has 1 fully saturated rings. The van der Waals surface area contributed by atoms with Crippen molar-refractivity contribution in [2.45, 2.75) is 6.42 Å². The first-order chi connectivity index (χ1) is 11.4. The molecule has 24 heavy (non-hydrogen) atoms. The maximum atomic E-state index is 12.4. The minimum atomic E-state index is -0.439. The van der Waals surface area contributed by atoms with E-state index in [1.165, 1.54) is 0 Å². The average Bonchev–Trinajstić information content (AvgIpc) is 2.93. The van der Waals surface area contributed by atoms with Crippen molar-refractivity contribution in [1.29, 1.82) is 0 Å². The minimum absolute atomic E-state index is 0.105. The molecule has 0 aliphatic carbocycles. The summed E-state index contributed by atoms with van der Waals surface area (Å²) >= 11 is 17.8. The molecule has 1 saturated heterocycles. The van der Waals surface area contributed by atoms with Crippen LogP contribution in [0.4, 0.5) is 11.4 Å². The number of nitrogens with zero attached hydrogens (tertiary/aromatic N) is 1. The van der Waals surface area contributed by atoms with E-state index >= 15 is 0 Å². The van der Waals surface area contributed by atoms with Gasteiger partial charge < -0.3 is 10.2 Å². The number of hydrogen-bond acceptors (Lipinski definition) is 2. The quantitative estimate of drug-likeness (QED) is 0.839. The van der Waals surface area contributed by atoms with Crippen molar-refractivity contribution in [3.05, 3.63) is 57.5 Å². The van der Waals surface area contributed by atoms with Gasteiger partial charge in [-0.3, -0.25) is 9.59 Å². The standard InChI is InChI=1S/C17H13Cl3N2O2/c18-11-2-1-3-13(7-11)22-9-10(6-16(22)23)17(24)21-12-4-5-14(19)15(20)8-12/h1-5,7-8,10H,6,9H2,(H,21,24). The summed E-state index contributed by atoms with van der Waals surface area (Å²) in [4.78, 5) is 26.2. The molecule has 1 aliphatic heterocycles. The zero-order chi connectivity index (χ0) is 17.3. The van der Waals surface area contributed by atoms with Crippen LogP contribution in [-0.2, 0) is 9.59 Å². The summed E-state index contributed by atoms with van der Waals surface area (Å²) in [7, 11) is 0. The maximum absolute atomic E-state index is 12.4. The largest absolute Gasteiger partial charge is 0.326 e. The number of halogens is 3. The van der Waals surface area contributed by atoms with Crippen LogP contribution in [-0.4, -0.2) is 18.4 Å². The van der Waals surface area contributed by atoms with Crippen LogP contribution in [0.25, 0.3) is 0 Å². The number of nitrogens with one attached hydrogen (secondary N) is 1. The molecule has 4 nitrogen and oxygen atoms in total. The number of amides is 2. The summed E-state index contributed by atoms with van der Waals surface area (Å²) in [6, 6.07) is 11.9. The van der Waals surface area contributed by atoms with Crippen LogP contribution in [0, 0.1) is 5.92 Å². The Kier molecular flexibility index (Phi) is 4.99. The monoisotopic (exact) mass is 382 g/mol. The van der Waals surface area contributed by atoms with Crippen molar-refractivity contribution < 1.29 is 9.59 Å². The van der Waals surface area contributed by atoms with Crippen LogP contribution < -0.4 is 10.2 Å². The van der Waals surface area contributed by atoms with Gasteiger partial charge in [0.15, 0.2) is 0 Å². The van der Waals surface area contributed by atoms with Crippen LogP contribution in [0.1, 0.15) is 6.42 Å². The molecule has 0 radical (unpaired) electrons. The molecular weight excluding hydrogens is 371 g/mol. The molecule has 1 heterocycles. The lowest BCUT2D eigenvalue weighted by atomic mass is 10.1. The van der Waals surface area contributed by atoms with Crippen molar-refractivity contribution in [2.75, 3.05) is 16.8 Å². The summed E-state index contributed by atoms with van der Waals surface area (Å²) in [5.41, 5.74) is 1.24. The fourth-order valence-corrected chi connectivity index (χ4v) is 3.08. The van der Waals surface area contributed by atoms with Gasteiger partial charge in [0.25, 0.3) is 0 Å². The topological polar surface area (TPSA) is 49.4 Å². The van der Waals surface area contributed by atoms with Gasteiger partial charge in [-0.15, -0.1) is 0 Å². The first kappa shape index (κ1) is 17.1. The number of carbonyl (C=O) groups is 2. The smallest absolute Gasteiger partial charge is 0.229 e. The molecule has 2 amide bonds. The molecule has 2 aromatic rings. The van der Waals surface area contributed by atoms with Gasteiger partial charge in [-0.2, -0.15) is 0 Å². The highest BCUT2D eigenvalue weighted by Crippen LogP contribution is 2.29. The molecule has 0 spiro atoms. The first-order valence-corrected chi connectivity index (χ1v) is 8.39. The van der Waals surface area contributed by atoms with E-state index in [0.717, 1.165) is 0 Å². The van der Waals surface area contributed by atoms with Crippen molar-refractivity contribution in [2.24, 2.45) is 5.92 Å². The molecule has 2 aromatic carbocycles. The summed E-state index contributed by atoms with van der Waals surface area (Å²) in [6.45, 7) is 0.312. The Bertz CT molecular complexity index is 810. The summed E-state index contributed by atoms with van der Waals surface area (Å²) < 4.78 is 0. The van der Waals surface area contributed by atoms with Gasteiger partial charge in [0.2, 0.25) is 11.8 Å². The zero-order valence-corrected chi connectivity index (χ0v) is 14.7. The number of anilines is 2. The maximum Gasteiger partial charge on any atom is 0.229 e. The fourth-order valence-electron chi connectivity index (χ4n) is 2.59. The highest BCUT2D eigenvalue weighted by atomic mass is 35.5. The molecular formula is C17H13Cl3N2O2. The molecule has 0 bridgehead atoms. The summed E-state index contributed by atoms with van der Waals surface area (Å²) in [5.74, 6) is -0.774. The molecule has 1 N–H and O–H groups in total. The van der Waals surface area contributed by atoms with E-state index in [1.807, 2.05) is 0 Å². The van der Waals surface area contributed by atoms with Gasteiger partial charge in [-0.1, -0.05) is 40.9 Å². The normalized spacial score (nSPS) is 17.2. The van der Waals surface area contributed by atoms with Crippen LogP contribution in [0.15, 0.2) is 42.5 Å². The second-order valence-corrected chi connectivity index (χ2v) is 6.75. The number of rotatable bonds is 3. The first-order valence-electron chi connectivity index (χ1n) is 7.26. The molecule has 1 unspecified atom stereocenters. The van der Waals surface area contributed by atoms with Gasteiger partial charge in [0.05, 0.1) is 16.0 Å². The van der Waals surface area contributed by atoms with E-state index in [2.05, 4.69) is 5.32 Å². The van der Waals surface area contributed by atoms with Crippen LogP contribution >= 0.6 is 34.8 Å². The van der Waals surface area contributed by atoms with Crippen LogP contribution in [0.3, 0.4) is 0 Å². The van der Waals surface area contributed by atoms with Gasteiger partial charge in [0.1, 0.15) is 0 Å². The lowest BCUT2D eigenvalue weighted by Crippen LogP contribution is -2.28. The van der Waals surface area contributed by atoms with Crippen LogP contribution in [0.2, 0.25) is 15.1 Å². The second kappa shape index (κ2) is 7.01. The molecule has 3 rings (SSSR count). The minimum Gasteiger partial charge on any atom is -0.326 e. The van der Waals surface area contributed by atoms with Gasteiger partial charge in [-0.25, -0.2) is 0 Å². The molecule has 1 atom stereocenters. The lowest BCUT2D eigenvalue weighted by molar-refractivity contribution is -0.122. The van der Waals surface area contributed by atoms with Crippen molar-refractivity contribution in [3.8, 4) is 0 Å². The predicted octanol–water partition coefficient (Wildman–Crippen LogP) is 4.64. The van der Waals surface area contributed by atoms with E-state index in [-0.39, 0.29) is 18.2 Å². The third-order valence-corrected chi connectivity index (χ3v) is 4.78. The second-order valence-electron chi connectivity index (χ2n) is 5.50. The van der Waals surface area contributed by atoms with Crippen molar-refractivity contribution >= 4 is 58.0 Å². The Hall–Kier alpha value is -1.75. The Labute approximate surface area is 154 Å². The molecule has 7 heteroatoms. The highest BCUT2D eigenvalue weighted by molar-refractivity contribution is 6.42. The average molecular weight is 384 g/mol. The fraction of sp³-hybridized carbons (Fsp3) is 0.176. The van der Waals surface area contributed by atoms with E-state index in [9.17, 15) is 9.59 Å². The van der Waals surface area contributed by atoms with Crippen molar-refractivity contribution in [1.82, 2.24) is 0 Å². The molecule has 0 aromatic heterocycles. The Morgan fingerprint density at radius 3 is 2.58 bits per heavy atom. The Morgan fingerprint density at radius 1 is 1.08 bits per heavy atom. The molecule has 124 valence electrons. The van der Waals surface area contributed by atoms with Gasteiger partial charge in [0, 0.05) is 29.4 Å². The van der Waals surface area contributed by atoms with E-state index in [0.29, 0.717) is 33.0 Å². The third kappa shape index (κ3) is 3.66. The highest BCUT2D eigenvalue weighted by Gasteiger charge is 2.35. The van der Waals surface area contributed by atoms with Gasteiger partial charge in [-0.05, 0) is 36.4 Å². The Morgan fingerprint density at radius 2 is 1.88 bits per heavy atom. The lowest BCUT2D eigenvalue weighted by Gasteiger charge is -2.17. The van der Waals surface area contributed by atoms with E-state index in [1.54, 1.807) is 47.4 Å². The Balaban J connectivity index is 1.70. The summed E-state index contributed by atoms with van der Waals surface area (Å²) in [6.07, 6.45) is 0.152. The van der Waals surface area contributed by atoms with Crippen molar-refractivity contribution in [3.63, 3.8) is 0 Å². The number of carbonyl (C=O) groups excluding carboxylic acids is 2. The van der Waals surface area contributed by atoms with Crippen LogP contribution in [0.5, 0.6) is 0 Å². The zero-order valence-electron chi connectivity index (χ0n) is 12.4. The number of benzene rings is 2.